The van der Waals surface area contributed by atoms with Gasteiger partial charge in [0.1, 0.15) is 24.6 Å². The summed E-state index contributed by atoms with van der Waals surface area (Å²) in [7, 11) is 2.97. The highest BCUT2D eigenvalue weighted by Gasteiger charge is 2.15. The minimum Gasteiger partial charge on any atom is -0.493 e. The number of aliphatic hydroxyl groups is 1. The quantitative estimate of drug-likeness (QED) is 0.500. The number of aromatic nitrogens is 2. The molecule has 3 aromatic rings. The second kappa shape index (κ2) is 9.55. The summed E-state index contributed by atoms with van der Waals surface area (Å²) in [5.41, 5.74) is 1.12. The average Bonchev–Trinajstić information content (AvgIpc) is 2.74. The van der Waals surface area contributed by atoms with Gasteiger partial charge in [0.25, 0.3) is 0 Å². The number of carbonyl (C=O) groups excluding carboxylic acids is 1. The summed E-state index contributed by atoms with van der Waals surface area (Å²) in [6.45, 7) is -0.112. The predicted molar refractivity (Wildman–Crippen MR) is 111 cm³/mol. The van der Waals surface area contributed by atoms with E-state index in [1.165, 1.54) is 38.7 Å². The molecule has 1 atom stereocenters. The molecule has 0 aliphatic carbocycles. The summed E-state index contributed by atoms with van der Waals surface area (Å²) in [6.07, 6.45) is 0.299. The highest BCUT2D eigenvalue weighted by atomic mass is 35.5. The molecule has 30 heavy (non-hydrogen) atoms. The fourth-order valence-electron chi connectivity index (χ4n) is 2.71. The van der Waals surface area contributed by atoms with E-state index in [0.717, 1.165) is 0 Å². The Balaban J connectivity index is 1.89. The molecule has 3 rings (SSSR count). The Morgan fingerprint density at radius 1 is 1.27 bits per heavy atom. The van der Waals surface area contributed by atoms with E-state index in [4.69, 9.17) is 21.1 Å². The van der Waals surface area contributed by atoms with E-state index in [2.05, 4.69) is 20.6 Å². The molecule has 0 aliphatic rings. The number of methoxy groups -OCH3 is 1. The standard InChI is InChI=1S/C20H20ClFN4O4/c1-23-19(28)6-12(27)9-30-18-7-13-16(8-17(18)29-2)24-10-25-20(13)26-11-3-4-15(22)14(21)5-11/h3-5,7-8,10,12,27H,6,9H2,1-2H3,(H,23,28)(H,24,25,26). The van der Waals surface area contributed by atoms with Gasteiger partial charge in [0, 0.05) is 24.2 Å². The summed E-state index contributed by atoms with van der Waals surface area (Å²) in [4.78, 5) is 19.9. The van der Waals surface area contributed by atoms with Crippen molar-refractivity contribution in [1.29, 1.82) is 0 Å². The van der Waals surface area contributed by atoms with Crippen LogP contribution in [0.2, 0.25) is 5.02 Å². The van der Waals surface area contributed by atoms with Crippen LogP contribution in [0.1, 0.15) is 6.42 Å². The third-order valence-electron chi connectivity index (χ3n) is 4.23. The van der Waals surface area contributed by atoms with Gasteiger partial charge in [-0.3, -0.25) is 4.79 Å². The molecule has 2 aromatic carbocycles. The number of fused-ring (bicyclic) bond motifs is 1. The van der Waals surface area contributed by atoms with Gasteiger partial charge in [-0.15, -0.1) is 0 Å². The Bertz CT molecular complexity index is 1070. The van der Waals surface area contributed by atoms with E-state index in [0.29, 0.717) is 33.9 Å². The van der Waals surface area contributed by atoms with Gasteiger partial charge in [-0.05, 0) is 24.3 Å². The van der Waals surface area contributed by atoms with Crippen LogP contribution in [0.15, 0.2) is 36.7 Å². The third-order valence-corrected chi connectivity index (χ3v) is 4.52. The molecule has 0 saturated carbocycles. The van der Waals surface area contributed by atoms with E-state index < -0.39 is 11.9 Å². The Labute approximate surface area is 177 Å². The maximum absolute atomic E-state index is 13.4. The van der Waals surface area contributed by atoms with Crippen molar-refractivity contribution in [2.75, 3.05) is 26.1 Å². The SMILES string of the molecule is CNC(=O)CC(O)COc1cc2c(Nc3ccc(F)c(Cl)c3)ncnc2cc1OC. The van der Waals surface area contributed by atoms with Crippen molar-refractivity contribution in [2.45, 2.75) is 12.5 Å². The van der Waals surface area contributed by atoms with E-state index >= 15 is 0 Å². The molecule has 0 fully saturated rings. The van der Waals surface area contributed by atoms with Crippen molar-refractivity contribution in [3.8, 4) is 11.5 Å². The highest BCUT2D eigenvalue weighted by molar-refractivity contribution is 6.31. The monoisotopic (exact) mass is 434 g/mol. The number of aliphatic hydroxyl groups excluding tert-OH is 1. The first-order valence-corrected chi connectivity index (χ1v) is 9.35. The minimum absolute atomic E-state index is 0.0193. The second-order valence-corrected chi connectivity index (χ2v) is 6.75. The number of rotatable bonds is 8. The first-order chi connectivity index (χ1) is 14.4. The van der Waals surface area contributed by atoms with E-state index in [1.807, 2.05) is 0 Å². The van der Waals surface area contributed by atoms with Gasteiger partial charge in [0.05, 0.1) is 30.2 Å². The highest BCUT2D eigenvalue weighted by Crippen LogP contribution is 2.35. The molecule has 0 radical (unpaired) electrons. The van der Waals surface area contributed by atoms with Gasteiger partial charge in [-0.1, -0.05) is 11.6 Å². The van der Waals surface area contributed by atoms with Gasteiger partial charge < -0.3 is 25.2 Å². The normalized spacial score (nSPS) is 11.8. The maximum Gasteiger partial charge on any atom is 0.222 e. The molecule has 0 aliphatic heterocycles. The number of carbonyl (C=O) groups is 1. The molecule has 1 aromatic heterocycles. The average molecular weight is 435 g/mol. The zero-order valence-corrected chi connectivity index (χ0v) is 17.0. The minimum atomic E-state index is -0.990. The molecule has 3 N–H and O–H groups in total. The van der Waals surface area contributed by atoms with Gasteiger partial charge in [-0.2, -0.15) is 0 Å². The lowest BCUT2D eigenvalue weighted by atomic mass is 10.2. The first-order valence-electron chi connectivity index (χ1n) is 8.97. The van der Waals surface area contributed by atoms with Gasteiger partial charge in [0.15, 0.2) is 11.5 Å². The topological polar surface area (TPSA) is 106 Å². The lowest BCUT2D eigenvalue weighted by molar-refractivity contribution is -0.122. The number of ether oxygens (including phenoxy) is 2. The van der Waals surface area contributed by atoms with Crippen LogP contribution in [0.25, 0.3) is 10.9 Å². The lowest BCUT2D eigenvalue weighted by Gasteiger charge is -2.16. The summed E-state index contributed by atoms with van der Waals surface area (Å²) < 4.78 is 24.4. The molecular weight excluding hydrogens is 415 g/mol. The molecular formula is C20H20ClFN4O4. The van der Waals surface area contributed by atoms with Crippen molar-refractivity contribution in [3.05, 3.63) is 47.5 Å². The van der Waals surface area contributed by atoms with Crippen LogP contribution in [0.3, 0.4) is 0 Å². The van der Waals surface area contributed by atoms with Crippen molar-refractivity contribution in [3.63, 3.8) is 0 Å². The van der Waals surface area contributed by atoms with E-state index in [1.54, 1.807) is 12.1 Å². The van der Waals surface area contributed by atoms with Crippen LogP contribution in [0.5, 0.6) is 11.5 Å². The van der Waals surface area contributed by atoms with Crippen molar-refractivity contribution in [2.24, 2.45) is 0 Å². The number of anilines is 2. The predicted octanol–water partition coefficient (Wildman–Crippen LogP) is 3.05. The van der Waals surface area contributed by atoms with Crippen LogP contribution in [-0.4, -0.2) is 47.8 Å². The van der Waals surface area contributed by atoms with Crippen LogP contribution in [0.4, 0.5) is 15.9 Å². The van der Waals surface area contributed by atoms with Crippen LogP contribution >= 0.6 is 11.6 Å². The fourth-order valence-corrected chi connectivity index (χ4v) is 2.89. The maximum atomic E-state index is 13.4. The zero-order valence-electron chi connectivity index (χ0n) is 16.3. The number of nitrogens with one attached hydrogen (secondary N) is 2. The second-order valence-electron chi connectivity index (χ2n) is 6.34. The number of amides is 1. The molecule has 1 amide bonds. The largest absolute Gasteiger partial charge is 0.493 e. The zero-order chi connectivity index (χ0) is 21.7. The number of hydrogen-bond donors (Lipinski definition) is 3. The summed E-state index contributed by atoms with van der Waals surface area (Å²) in [6, 6.07) is 7.56. The van der Waals surface area contributed by atoms with Gasteiger partial charge in [-0.25, -0.2) is 14.4 Å². The van der Waals surface area contributed by atoms with Crippen LogP contribution in [0, 0.1) is 5.82 Å². The Morgan fingerprint density at radius 3 is 2.77 bits per heavy atom. The molecule has 0 bridgehead atoms. The lowest BCUT2D eigenvalue weighted by Crippen LogP contribution is -2.27. The summed E-state index contributed by atoms with van der Waals surface area (Å²) in [5, 5.41) is 16.1. The van der Waals surface area contributed by atoms with Crippen molar-refractivity contribution < 1.29 is 23.8 Å². The Morgan fingerprint density at radius 2 is 2.07 bits per heavy atom. The van der Waals surface area contributed by atoms with E-state index in [-0.39, 0.29) is 24.0 Å². The molecule has 0 saturated heterocycles. The van der Waals surface area contributed by atoms with Gasteiger partial charge in [0.2, 0.25) is 5.91 Å². The number of nitrogens with zero attached hydrogens (tertiary/aromatic N) is 2. The Kier molecular flexibility index (Phi) is 6.86. The third kappa shape index (κ3) is 5.05. The molecule has 158 valence electrons. The summed E-state index contributed by atoms with van der Waals surface area (Å²) >= 11 is 5.84. The van der Waals surface area contributed by atoms with Crippen molar-refractivity contribution >= 4 is 39.9 Å². The molecule has 0 spiro atoms. The molecule has 10 heteroatoms. The van der Waals surface area contributed by atoms with E-state index in [9.17, 15) is 14.3 Å². The van der Waals surface area contributed by atoms with Crippen LogP contribution in [-0.2, 0) is 4.79 Å². The smallest absolute Gasteiger partial charge is 0.222 e. The van der Waals surface area contributed by atoms with Crippen LogP contribution < -0.4 is 20.1 Å². The number of halogens is 2. The number of benzene rings is 2. The Hall–Kier alpha value is -3.17. The summed E-state index contributed by atoms with van der Waals surface area (Å²) in [5.74, 6) is 0.376. The molecule has 8 nitrogen and oxygen atoms in total. The van der Waals surface area contributed by atoms with Crippen molar-refractivity contribution in [1.82, 2.24) is 15.3 Å². The first kappa shape index (κ1) is 21.5. The molecule has 1 unspecified atom stereocenters. The number of hydrogen-bond acceptors (Lipinski definition) is 7. The fraction of sp³-hybridized carbons (Fsp3) is 0.250. The van der Waals surface area contributed by atoms with Gasteiger partial charge >= 0.3 is 0 Å². The molecule has 1 heterocycles.